The van der Waals surface area contributed by atoms with E-state index in [0.717, 1.165) is 0 Å². The van der Waals surface area contributed by atoms with Crippen LogP contribution in [0.4, 0.5) is 5.69 Å². The molecule has 126 valence electrons. The zero-order valence-corrected chi connectivity index (χ0v) is 14.9. The number of benzene rings is 2. The minimum absolute atomic E-state index is 0.159. The van der Waals surface area contributed by atoms with Gasteiger partial charge in [-0.1, -0.05) is 35.3 Å². The first-order chi connectivity index (χ1) is 11.4. The zero-order chi connectivity index (χ0) is 17.7. The molecule has 1 N–H and O–H groups in total. The van der Waals surface area contributed by atoms with Crippen molar-refractivity contribution in [2.24, 2.45) is 0 Å². The number of ether oxygens (including phenoxy) is 1. The lowest BCUT2D eigenvalue weighted by Gasteiger charge is -2.09. The smallest absolute Gasteiger partial charge is 0.339 e. The molecule has 2 aromatic rings. The van der Waals surface area contributed by atoms with Crippen LogP contribution < -0.4 is 5.32 Å². The average molecular weight is 386 g/mol. The number of hydrogen-bond donors (Lipinski definition) is 1. The molecule has 1 atom stereocenters. The third kappa shape index (κ3) is 4.80. The summed E-state index contributed by atoms with van der Waals surface area (Å²) in [6.45, 7) is -0.508. The zero-order valence-electron chi connectivity index (χ0n) is 12.5. The van der Waals surface area contributed by atoms with Gasteiger partial charge in [0.25, 0.3) is 5.91 Å². The van der Waals surface area contributed by atoms with Gasteiger partial charge >= 0.3 is 5.97 Å². The van der Waals surface area contributed by atoms with Gasteiger partial charge in [-0.05, 0) is 30.3 Å². The molecule has 2 rings (SSSR count). The number of hydrogen-bond acceptors (Lipinski definition) is 4. The molecule has 0 aliphatic heterocycles. The second kappa shape index (κ2) is 8.28. The van der Waals surface area contributed by atoms with Gasteiger partial charge < -0.3 is 10.1 Å². The van der Waals surface area contributed by atoms with Crippen LogP contribution in [-0.2, 0) is 20.3 Å². The van der Waals surface area contributed by atoms with Crippen molar-refractivity contribution in [1.82, 2.24) is 0 Å². The van der Waals surface area contributed by atoms with E-state index in [9.17, 15) is 13.8 Å². The Bertz CT molecular complexity index is 810. The third-order valence-corrected chi connectivity index (χ3v) is 4.49. The lowest BCUT2D eigenvalue weighted by molar-refractivity contribution is -0.119. The summed E-state index contributed by atoms with van der Waals surface area (Å²) in [7, 11) is -1.35. The summed E-state index contributed by atoms with van der Waals surface area (Å²) < 4.78 is 16.6. The van der Waals surface area contributed by atoms with E-state index in [4.69, 9.17) is 27.9 Å². The van der Waals surface area contributed by atoms with Crippen LogP contribution in [0.5, 0.6) is 0 Å². The number of esters is 1. The largest absolute Gasteiger partial charge is 0.452 e. The van der Waals surface area contributed by atoms with Crippen molar-refractivity contribution in [2.45, 2.75) is 4.90 Å². The summed E-state index contributed by atoms with van der Waals surface area (Å²) in [5.74, 6) is -1.30. The molecule has 24 heavy (non-hydrogen) atoms. The number of nitrogens with one attached hydrogen (secondary N) is 1. The predicted octanol–water partition coefficient (Wildman–Crippen LogP) is 3.53. The summed E-state index contributed by atoms with van der Waals surface area (Å²) >= 11 is 11.8. The highest BCUT2D eigenvalue weighted by Gasteiger charge is 2.16. The van der Waals surface area contributed by atoms with Crippen LogP contribution in [0, 0.1) is 0 Å². The minimum Gasteiger partial charge on any atom is -0.452 e. The third-order valence-electron chi connectivity index (χ3n) is 2.95. The van der Waals surface area contributed by atoms with E-state index in [1.54, 1.807) is 30.3 Å². The normalized spacial score (nSPS) is 11.6. The Balaban J connectivity index is 2.00. The summed E-state index contributed by atoms with van der Waals surface area (Å²) in [6.07, 6.45) is 1.46. The topological polar surface area (TPSA) is 72.5 Å². The van der Waals surface area contributed by atoms with Gasteiger partial charge in [-0.2, -0.15) is 0 Å². The molecule has 0 spiro atoms. The quantitative estimate of drug-likeness (QED) is 0.798. The van der Waals surface area contributed by atoms with Gasteiger partial charge in [-0.25, -0.2) is 4.79 Å². The Morgan fingerprint density at radius 3 is 2.58 bits per heavy atom. The molecule has 0 aromatic heterocycles. The molecular weight excluding hydrogens is 373 g/mol. The molecule has 0 aliphatic rings. The fraction of sp³-hybridized carbons (Fsp3) is 0.125. The van der Waals surface area contributed by atoms with Crippen LogP contribution in [0.1, 0.15) is 10.4 Å². The average Bonchev–Trinajstić information content (AvgIpc) is 2.56. The molecular formula is C16H13Cl2NO4S. The van der Waals surface area contributed by atoms with Crippen molar-refractivity contribution in [1.29, 1.82) is 0 Å². The number of carbonyl (C=O) groups excluding carboxylic acids is 2. The first-order valence-electron chi connectivity index (χ1n) is 6.73. The first-order valence-corrected chi connectivity index (χ1v) is 9.04. The molecule has 8 heteroatoms. The van der Waals surface area contributed by atoms with E-state index in [2.05, 4.69) is 5.32 Å². The Morgan fingerprint density at radius 2 is 1.88 bits per heavy atom. The maximum atomic E-state index is 12.1. The highest BCUT2D eigenvalue weighted by molar-refractivity contribution is 7.84. The van der Waals surface area contributed by atoms with Crippen molar-refractivity contribution in [3.63, 3.8) is 0 Å². The van der Waals surface area contributed by atoms with Crippen molar-refractivity contribution < 1.29 is 18.5 Å². The molecule has 0 aliphatic carbocycles. The maximum absolute atomic E-state index is 12.1. The molecule has 1 amide bonds. The second-order valence-electron chi connectivity index (χ2n) is 4.70. The highest BCUT2D eigenvalue weighted by atomic mass is 35.5. The van der Waals surface area contributed by atoms with Crippen molar-refractivity contribution in [3.8, 4) is 0 Å². The highest BCUT2D eigenvalue weighted by Crippen LogP contribution is 2.25. The summed E-state index contributed by atoms with van der Waals surface area (Å²) in [5.41, 5.74) is 0.479. The van der Waals surface area contributed by atoms with Gasteiger partial charge in [0.15, 0.2) is 6.61 Å². The van der Waals surface area contributed by atoms with Crippen molar-refractivity contribution >= 4 is 51.6 Å². The van der Waals surface area contributed by atoms with Gasteiger partial charge in [0, 0.05) is 11.3 Å². The van der Waals surface area contributed by atoms with Crippen molar-refractivity contribution in [2.75, 3.05) is 18.2 Å². The molecule has 0 fully saturated rings. The molecule has 5 nitrogen and oxygen atoms in total. The van der Waals surface area contributed by atoms with E-state index < -0.39 is 29.3 Å². The number of amides is 1. The summed E-state index contributed by atoms with van der Waals surface area (Å²) in [5, 5.41) is 3.22. The van der Waals surface area contributed by atoms with Crippen LogP contribution in [0.15, 0.2) is 47.4 Å². The maximum Gasteiger partial charge on any atom is 0.339 e. The standard InChI is InChI=1S/C16H13Cl2NO4S/c1-24(22)14-5-3-2-4-11(14)16(21)23-9-15(20)19-13-8-10(17)6-7-12(13)18/h2-8H,9H2,1H3,(H,19,20)/t24-/m1/s1. The van der Waals surface area contributed by atoms with E-state index in [-0.39, 0.29) is 5.56 Å². The number of rotatable bonds is 5. The number of halogens is 2. The summed E-state index contributed by atoms with van der Waals surface area (Å²) in [6, 6.07) is 11.0. The van der Waals surface area contributed by atoms with Gasteiger partial charge in [-0.3, -0.25) is 9.00 Å². The van der Waals surface area contributed by atoms with E-state index in [1.165, 1.54) is 18.4 Å². The SMILES string of the molecule is C[S@@](=O)c1ccccc1C(=O)OCC(=O)Nc1cc(Cl)ccc1Cl. The Labute approximate surface area is 151 Å². The van der Waals surface area contributed by atoms with Gasteiger partial charge in [0.05, 0.1) is 32.0 Å². The van der Waals surface area contributed by atoms with Crippen LogP contribution in [0.25, 0.3) is 0 Å². The molecule has 0 radical (unpaired) electrons. The van der Waals surface area contributed by atoms with E-state index in [1.807, 2.05) is 0 Å². The van der Waals surface area contributed by atoms with Gasteiger partial charge in [-0.15, -0.1) is 0 Å². The van der Waals surface area contributed by atoms with E-state index >= 15 is 0 Å². The van der Waals surface area contributed by atoms with Gasteiger partial charge in [0.1, 0.15) is 0 Å². The fourth-order valence-electron chi connectivity index (χ4n) is 1.87. The monoisotopic (exact) mass is 385 g/mol. The lowest BCUT2D eigenvalue weighted by Crippen LogP contribution is -2.21. The Morgan fingerprint density at radius 1 is 1.17 bits per heavy atom. The summed E-state index contributed by atoms with van der Waals surface area (Å²) in [4.78, 5) is 24.3. The van der Waals surface area contributed by atoms with Crippen LogP contribution in [0.3, 0.4) is 0 Å². The molecule has 0 saturated heterocycles. The Kier molecular flexibility index (Phi) is 6.36. The lowest BCUT2D eigenvalue weighted by atomic mass is 10.2. The van der Waals surface area contributed by atoms with Gasteiger partial charge in [0.2, 0.25) is 0 Å². The van der Waals surface area contributed by atoms with Crippen molar-refractivity contribution in [3.05, 3.63) is 58.1 Å². The predicted molar refractivity (Wildman–Crippen MR) is 94.1 cm³/mol. The molecule has 0 heterocycles. The second-order valence-corrected chi connectivity index (χ2v) is 6.89. The number of anilines is 1. The van der Waals surface area contributed by atoms with Crippen LogP contribution in [-0.4, -0.2) is 28.9 Å². The first kappa shape index (κ1) is 18.4. The molecule has 0 unspecified atom stereocenters. The molecule has 2 aromatic carbocycles. The molecule has 0 bridgehead atoms. The van der Waals surface area contributed by atoms with Crippen LogP contribution >= 0.6 is 23.2 Å². The Hall–Kier alpha value is -1.89. The van der Waals surface area contributed by atoms with E-state index in [0.29, 0.717) is 20.6 Å². The molecule has 0 saturated carbocycles. The minimum atomic E-state index is -1.35. The fourth-order valence-corrected chi connectivity index (χ4v) is 2.94. The van der Waals surface area contributed by atoms with Crippen LogP contribution in [0.2, 0.25) is 10.0 Å². The number of carbonyl (C=O) groups is 2.